The van der Waals surface area contributed by atoms with Crippen LogP contribution < -0.4 is 11.3 Å². The molecule has 0 aromatic carbocycles. The predicted octanol–water partition coefficient (Wildman–Crippen LogP) is 1.46. The Morgan fingerprint density at radius 2 is 2.39 bits per heavy atom. The van der Waals surface area contributed by atoms with Gasteiger partial charge in [-0.2, -0.15) is 5.10 Å². The van der Waals surface area contributed by atoms with Crippen LogP contribution >= 0.6 is 23.1 Å². The molecule has 1 atom stereocenters. The zero-order valence-electron chi connectivity index (χ0n) is 10.2. The van der Waals surface area contributed by atoms with Gasteiger partial charge >= 0.3 is 0 Å². The van der Waals surface area contributed by atoms with Gasteiger partial charge in [-0.1, -0.05) is 16.1 Å². The van der Waals surface area contributed by atoms with Crippen molar-refractivity contribution in [2.75, 3.05) is 0 Å². The third-order valence-corrected chi connectivity index (χ3v) is 3.80. The van der Waals surface area contributed by atoms with Crippen LogP contribution in [0.2, 0.25) is 5.02 Å². The van der Waals surface area contributed by atoms with Crippen molar-refractivity contribution < 1.29 is 0 Å². The lowest BCUT2D eigenvalue weighted by molar-refractivity contribution is 0.506. The summed E-state index contributed by atoms with van der Waals surface area (Å²) in [5.74, 6) is 5.57. The molecule has 0 saturated carbocycles. The van der Waals surface area contributed by atoms with E-state index >= 15 is 0 Å². The number of nitrogens with one attached hydrogen (secondary N) is 1. The third kappa shape index (κ3) is 2.54. The van der Waals surface area contributed by atoms with E-state index in [2.05, 4.69) is 20.1 Å². The van der Waals surface area contributed by atoms with Crippen molar-refractivity contribution in [3.05, 3.63) is 27.5 Å². The first kappa shape index (κ1) is 13.4. The van der Waals surface area contributed by atoms with E-state index in [1.165, 1.54) is 11.5 Å². The van der Waals surface area contributed by atoms with E-state index < -0.39 is 0 Å². The molecule has 2 rings (SSSR count). The molecule has 1 unspecified atom stereocenters. The minimum Gasteiger partial charge on any atom is -0.271 e. The molecule has 0 aliphatic rings. The van der Waals surface area contributed by atoms with Crippen molar-refractivity contribution in [1.29, 1.82) is 0 Å². The Hall–Kier alpha value is -1.02. The van der Waals surface area contributed by atoms with Gasteiger partial charge in [0.05, 0.1) is 28.1 Å². The summed E-state index contributed by atoms with van der Waals surface area (Å²) in [5.41, 5.74) is 5.36. The van der Waals surface area contributed by atoms with Crippen LogP contribution in [0.1, 0.15) is 30.0 Å². The van der Waals surface area contributed by atoms with Crippen molar-refractivity contribution in [3.8, 4) is 0 Å². The molecule has 6 nitrogen and oxygen atoms in total. The van der Waals surface area contributed by atoms with E-state index in [0.29, 0.717) is 11.4 Å². The van der Waals surface area contributed by atoms with Crippen molar-refractivity contribution >= 4 is 23.1 Å². The first-order valence-corrected chi connectivity index (χ1v) is 6.83. The maximum atomic E-state index is 6.27. The maximum absolute atomic E-state index is 6.27. The van der Waals surface area contributed by atoms with Crippen LogP contribution in [0.4, 0.5) is 0 Å². The number of rotatable bonds is 5. The quantitative estimate of drug-likeness (QED) is 0.642. The number of halogens is 1. The van der Waals surface area contributed by atoms with Crippen molar-refractivity contribution in [2.24, 2.45) is 5.84 Å². The fraction of sp³-hybridized carbons (Fsp3) is 0.500. The minimum absolute atomic E-state index is 0.109. The molecule has 0 bridgehead atoms. The highest BCUT2D eigenvalue weighted by Gasteiger charge is 2.20. The first-order valence-electron chi connectivity index (χ1n) is 5.62. The monoisotopic (exact) mass is 286 g/mol. The Labute approximate surface area is 114 Å². The first-order chi connectivity index (χ1) is 8.67. The van der Waals surface area contributed by atoms with Crippen LogP contribution in [-0.4, -0.2) is 19.4 Å². The van der Waals surface area contributed by atoms with Gasteiger partial charge in [0.25, 0.3) is 0 Å². The number of hydrogen-bond acceptors (Lipinski definition) is 6. The predicted molar refractivity (Wildman–Crippen MR) is 71.3 cm³/mol. The number of hydrazine groups is 1. The minimum atomic E-state index is -0.109. The Bertz CT molecular complexity index is 509. The molecule has 2 heterocycles. The molecule has 18 heavy (non-hydrogen) atoms. The van der Waals surface area contributed by atoms with Crippen LogP contribution in [0.5, 0.6) is 0 Å². The van der Waals surface area contributed by atoms with Crippen molar-refractivity contribution in [2.45, 2.75) is 32.9 Å². The van der Waals surface area contributed by atoms with Gasteiger partial charge in [0.15, 0.2) is 0 Å². The van der Waals surface area contributed by atoms with Gasteiger partial charge in [-0.25, -0.2) is 0 Å². The molecule has 0 radical (unpaired) electrons. The fourth-order valence-electron chi connectivity index (χ4n) is 1.83. The highest BCUT2D eigenvalue weighted by molar-refractivity contribution is 7.03. The van der Waals surface area contributed by atoms with E-state index in [1.807, 2.05) is 23.9 Å². The van der Waals surface area contributed by atoms with E-state index in [1.54, 1.807) is 0 Å². The van der Waals surface area contributed by atoms with Crippen LogP contribution in [0.25, 0.3) is 0 Å². The van der Waals surface area contributed by atoms with E-state index in [9.17, 15) is 0 Å². The number of nitrogens with two attached hydrogens (primary N) is 1. The van der Waals surface area contributed by atoms with Gasteiger partial charge in [0.1, 0.15) is 0 Å². The molecule has 0 aliphatic heterocycles. The lowest BCUT2D eigenvalue weighted by Gasteiger charge is -2.14. The number of aryl methyl sites for hydroxylation is 2. The summed E-state index contributed by atoms with van der Waals surface area (Å²) < 4.78 is 5.73. The average Bonchev–Trinajstić information content (AvgIpc) is 2.98. The number of nitrogens with zero attached hydrogens (tertiary/aromatic N) is 4. The smallest absolute Gasteiger partial charge is 0.0942 e. The third-order valence-electron chi connectivity index (χ3n) is 2.79. The van der Waals surface area contributed by atoms with Gasteiger partial charge in [0, 0.05) is 18.3 Å². The van der Waals surface area contributed by atoms with Crippen LogP contribution in [0.3, 0.4) is 0 Å². The summed E-state index contributed by atoms with van der Waals surface area (Å²) in [6.07, 6.45) is 0.634. The van der Waals surface area contributed by atoms with Gasteiger partial charge in [-0.15, -0.1) is 5.10 Å². The van der Waals surface area contributed by atoms with E-state index in [4.69, 9.17) is 17.4 Å². The second-order valence-electron chi connectivity index (χ2n) is 3.92. The summed E-state index contributed by atoms with van der Waals surface area (Å²) in [5, 5.41) is 11.0. The lowest BCUT2D eigenvalue weighted by Crippen LogP contribution is -2.30. The zero-order chi connectivity index (χ0) is 13.1. The van der Waals surface area contributed by atoms with Gasteiger partial charge in [-0.3, -0.25) is 16.0 Å². The van der Waals surface area contributed by atoms with E-state index in [-0.39, 0.29) is 6.04 Å². The standard InChI is InChI=1S/C10H15ClN6S/c1-3-17-9(10(11)6(2)15-17)4-7(13-12)8-5-18-16-14-8/h5,7,13H,3-4,12H2,1-2H3. The summed E-state index contributed by atoms with van der Waals surface area (Å²) in [7, 11) is 0. The summed E-state index contributed by atoms with van der Waals surface area (Å²) in [4.78, 5) is 0. The van der Waals surface area contributed by atoms with Crippen LogP contribution in [0.15, 0.2) is 5.38 Å². The molecule has 2 aromatic rings. The second kappa shape index (κ2) is 5.75. The second-order valence-corrected chi connectivity index (χ2v) is 4.90. The molecule has 0 saturated heterocycles. The zero-order valence-corrected chi connectivity index (χ0v) is 11.8. The maximum Gasteiger partial charge on any atom is 0.0942 e. The molecular formula is C10H15ClN6S. The molecule has 0 amide bonds. The van der Waals surface area contributed by atoms with E-state index in [0.717, 1.165) is 23.6 Å². The van der Waals surface area contributed by atoms with Gasteiger partial charge in [0.2, 0.25) is 0 Å². The molecule has 8 heteroatoms. The average molecular weight is 287 g/mol. The normalized spacial score (nSPS) is 12.9. The Kier molecular flexibility index (Phi) is 4.28. The lowest BCUT2D eigenvalue weighted by atomic mass is 10.1. The van der Waals surface area contributed by atoms with Gasteiger partial charge in [-0.05, 0) is 25.4 Å². The van der Waals surface area contributed by atoms with Crippen LogP contribution in [-0.2, 0) is 13.0 Å². The topological polar surface area (TPSA) is 81.7 Å². The molecule has 3 N–H and O–H groups in total. The van der Waals surface area contributed by atoms with Crippen molar-refractivity contribution in [1.82, 2.24) is 24.8 Å². The molecule has 98 valence electrons. The number of hydrogen-bond donors (Lipinski definition) is 2. The summed E-state index contributed by atoms with van der Waals surface area (Å²) in [6.45, 7) is 4.70. The Morgan fingerprint density at radius 1 is 1.61 bits per heavy atom. The van der Waals surface area contributed by atoms with Crippen LogP contribution in [0, 0.1) is 6.92 Å². The Balaban J connectivity index is 2.27. The highest BCUT2D eigenvalue weighted by atomic mass is 35.5. The van der Waals surface area contributed by atoms with Gasteiger partial charge < -0.3 is 0 Å². The molecular weight excluding hydrogens is 272 g/mol. The highest BCUT2D eigenvalue weighted by Crippen LogP contribution is 2.25. The molecule has 0 fully saturated rings. The summed E-state index contributed by atoms with van der Waals surface area (Å²) in [6, 6.07) is -0.109. The number of aromatic nitrogens is 4. The van der Waals surface area contributed by atoms with Crippen molar-refractivity contribution in [3.63, 3.8) is 0 Å². The summed E-state index contributed by atoms with van der Waals surface area (Å²) >= 11 is 7.57. The molecule has 0 spiro atoms. The molecule has 2 aromatic heterocycles. The Morgan fingerprint density at radius 3 is 2.94 bits per heavy atom. The SMILES string of the molecule is CCn1nc(C)c(Cl)c1CC(NN)c1csnn1. The molecule has 0 aliphatic carbocycles. The largest absolute Gasteiger partial charge is 0.271 e. The fourth-order valence-corrected chi connectivity index (χ4v) is 2.55.